The van der Waals surface area contributed by atoms with Gasteiger partial charge in [0.2, 0.25) is 0 Å². The van der Waals surface area contributed by atoms with Gasteiger partial charge in [0, 0.05) is 17.9 Å². The first kappa shape index (κ1) is 13.9. The second-order valence-electron chi connectivity index (χ2n) is 4.54. The normalized spacial score (nSPS) is 16.8. The van der Waals surface area contributed by atoms with E-state index in [1.807, 2.05) is 0 Å². The van der Waals surface area contributed by atoms with Crippen molar-refractivity contribution in [3.8, 4) is 0 Å². The van der Waals surface area contributed by atoms with Crippen LogP contribution in [-0.4, -0.2) is 27.9 Å². The van der Waals surface area contributed by atoms with Crippen LogP contribution in [0, 0.1) is 0 Å². The molecule has 2 rings (SSSR count). The van der Waals surface area contributed by atoms with Crippen molar-refractivity contribution in [2.45, 2.75) is 38.1 Å². The second-order valence-corrected chi connectivity index (χ2v) is 5.71. The number of rotatable bonds is 4. The van der Waals surface area contributed by atoms with Crippen molar-refractivity contribution in [2.75, 3.05) is 16.8 Å². The van der Waals surface area contributed by atoms with E-state index in [1.54, 1.807) is 0 Å². The van der Waals surface area contributed by atoms with Crippen LogP contribution in [0.1, 0.15) is 32.1 Å². The highest BCUT2D eigenvalue weighted by Gasteiger charge is 2.24. The predicted octanol–water partition coefficient (Wildman–Crippen LogP) is 2.96. The van der Waals surface area contributed by atoms with Crippen molar-refractivity contribution >= 4 is 33.3 Å². The van der Waals surface area contributed by atoms with Crippen molar-refractivity contribution in [2.24, 2.45) is 0 Å². The molecule has 0 bridgehead atoms. The van der Waals surface area contributed by atoms with Gasteiger partial charge in [-0.3, -0.25) is 4.79 Å². The van der Waals surface area contributed by atoms with Gasteiger partial charge in [-0.2, -0.15) is 0 Å². The molecule has 1 fully saturated rings. The quantitative estimate of drug-likeness (QED) is 0.861. The number of halogens is 2. The van der Waals surface area contributed by atoms with Crippen molar-refractivity contribution in [3.05, 3.63) is 21.7 Å². The predicted molar refractivity (Wildman–Crippen MR) is 77.9 cm³/mol. The van der Waals surface area contributed by atoms with Gasteiger partial charge in [0.15, 0.2) is 5.82 Å². The monoisotopic (exact) mass is 333 g/mol. The lowest BCUT2D eigenvalue weighted by Crippen LogP contribution is -2.39. The van der Waals surface area contributed by atoms with Crippen LogP contribution >= 0.6 is 27.5 Å². The van der Waals surface area contributed by atoms with Gasteiger partial charge in [-0.05, 0) is 12.8 Å². The summed E-state index contributed by atoms with van der Waals surface area (Å²) in [5.74, 6) is 0.617. The molecule has 1 N–H and O–H groups in total. The Morgan fingerprint density at radius 3 is 2.83 bits per heavy atom. The largest absolute Gasteiger partial charge is 0.351 e. The van der Waals surface area contributed by atoms with Gasteiger partial charge in [-0.1, -0.05) is 46.8 Å². The molecule has 0 aromatic carbocycles. The van der Waals surface area contributed by atoms with Crippen molar-refractivity contribution < 1.29 is 0 Å². The Morgan fingerprint density at radius 2 is 2.17 bits per heavy atom. The third kappa shape index (κ3) is 3.06. The molecule has 6 heteroatoms. The summed E-state index contributed by atoms with van der Waals surface area (Å²) in [7, 11) is 0. The van der Waals surface area contributed by atoms with Crippen molar-refractivity contribution in [1.29, 1.82) is 0 Å². The van der Waals surface area contributed by atoms with Gasteiger partial charge < -0.3 is 9.88 Å². The summed E-state index contributed by atoms with van der Waals surface area (Å²) in [4.78, 5) is 20.5. The molecular formula is C12H17BrClN3O. The van der Waals surface area contributed by atoms with E-state index < -0.39 is 0 Å². The number of anilines is 1. The number of aromatic amines is 1. The summed E-state index contributed by atoms with van der Waals surface area (Å²) in [6.45, 7) is 0.820. The van der Waals surface area contributed by atoms with Crippen LogP contribution in [0.25, 0.3) is 0 Å². The highest BCUT2D eigenvalue weighted by Crippen LogP contribution is 2.28. The summed E-state index contributed by atoms with van der Waals surface area (Å²) >= 11 is 9.54. The Hall–Kier alpha value is -0.550. The molecule has 1 saturated carbocycles. The zero-order chi connectivity index (χ0) is 13.0. The highest BCUT2D eigenvalue weighted by molar-refractivity contribution is 9.09. The van der Waals surface area contributed by atoms with E-state index in [0.717, 1.165) is 24.7 Å². The Balaban J connectivity index is 2.28. The number of aromatic nitrogens is 2. The Labute approximate surface area is 120 Å². The van der Waals surface area contributed by atoms with E-state index in [1.165, 1.54) is 25.6 Å². The molecule has 0 amide bonds. The third-order valence-electron chi connectivity index (χ3n) is 3.39. The average Bonchev–Trinajstić information content (AvgIpc) is 2.41. The fourth-order valence-electron chi connectivity index (χ4n) is 2.52. The van der Waals surface area contributed by atoms with E-state index >= 15 is 0 Å². The van der Waals surface area contributed by atoms with Crippen molar-refractivity contribution in [1.82, 2.24) is 9.97 Å². The molecule has 0 atom stereocenters. The number of nitrogens with zero attached hydrogens (tertiary/aromatic N) is 2. The van der Waals surface area contributed by atoms with Crippen LogP contribution in [0.5, 0.6) is 0 Å². The maximum Gasteiger partial charge on any atom is 0.271 e. The molecule has 1 aliphatic rings. The van der Waals surface area contributed by atoms with Gasteiger partial charge in [-0.15, -0.1) is 0 Å². The van der Waals surface area contributed by atoms with Gasteiger partial charge in [0.25, 0.3) is 5.56 Å². The number of nitrogens with one attached hydrogen (secondary N) is 1. The number of hydrogen-bond acceptors (Lipinski definition) is 3. The number of hydrogen-bond donors (Lipinski definition) is 1. The third-order valence-corrected chi connectivity index (χ3v) is 4.09. The molecule has 4 nitrogen and oxygen atoms in total. The van der Waals surface area contributed by atoms with Gasteiger partial charge in [0.1, 0.15) is 5.02 Å². The molecule has 1 heterocycles. The summed E-state index contributed by atoms with van der Waals surface area (Å²) in [6, 6.07) is 0.447. The smallest absolute Gasteiger partial charge is 0.271 e. The van der Waals surface area contributed by atoms with Crippen LogP contribution < -0.4 is 10.5 Å². The molecule has 0 saturated heterocycles. The summed E-state index contributed by atoms with van der Waals surface area (Å²) in [5, 5.41) is 1.04. The summed E-state index contributed by atoms with van der Waals surface area (Å²) in [6.07, 6.45) is 7.51. The first-order valence-electron chi connectivity index (χ1n) is 6.30. The lowest BCUT2D eigenvalue weighted by Gasteiger charge is -2.35. The fourth-order valence-corrected chi connectivity index (χ4v) is 3.11. The van der Waals surface area contributed by atoms with E-state index in [-0.39, 0.29) is 10.6 Å². The van der Waals surface area contributed by atoms with Crippen molar-refractivity contribution in [3.63, 3.8) is 0 Å². The summed E-state index contributed by atoms with van der Waals surface area (Å²) in [5.41, 5.74) is -0.267. The maximum atomic E-state index is 11.6. The lowest BCUT2D eigenvalue weighted by molar-refractivity contribution is 0.417. The first-order chi connectivity index (χ1) is 8.74. The van der Waals surface area contributed by atoms with Crippen LogP contribution in [0.3, 0.4) is 0 Å². The number of alkyl halides is 1. The second kappa shape index (κ2) is 6.57. The van der Waals surface area contributed by atoms with E-state index in [9.17, 15) is 4.79 Å². The van der Waals surface area contributed by atoms with Gasteiger partial charge in [0.05, 0.1) is 6.33 Å². The Bertz CT molecular complexity index is 445. The molecular weight excluding hydrogens is 318 g/mol. The van der Waals surface area contributed by atoms with Crippen LogP contribution in [0.4, 0.5) is 5.82 Å². The molecule has 18 heavy (non-hydrogen) atoms. The van der Waals surface area contributed by atoms with E-state index in [4.69, 9.17) is 11.6 Å². The fraction of sp³-hybridized carbons (Fsp3) is 0.667. The molecule has 1 aromatic rings. The van der Waals surface area contributed by atoms with E-state index in [0.29, 0.717) is 11.9 Å². The Kier molecular flexibility index (Phi) is 5.06. The minimum Gasteiger partial charge on any atom is -0.351 e. The SMILES string of the molecule is O=c1[nH]cnc(N(CCBr)C2CCCCC2)c1Cl. The molecule has 0 radical (unpaired) electrons. The van der Waals surface area contributed by atoms with E-state index in [2.05, 4.69) is 30.8 Å². The minimum absolute atomic E-state index is 0.198. The highest BCUT2D eigenvalue weighted by atomic mass is 79.9. The zero-order valence-electron chi connectivity index (χ0n) is 10.2. The standard InChI is InChI=1S/C12H17BrClN3O/c13-6-7-17(9-4-2-1-3-5-9)11-10(14)12(18)16-8-15-11/h8-9H,1-7H2,(H,15,16,18). The zero-order valence-corrected chi connectivity index (χ0v) is 12.5. The molecule has 0 unspecified atom stereocenters. The lowest BCUT2D eigenvalue weighted by atomic mass is 9.94. The molecule has 100 valence electrons. The summed E-state index contributed by atoms with van der Waals surface area (Å²) < 4.78 is 0. The van der Waals surface area contributed by atoms with Gasteiger partial charge >= 0.3 is 0 Å². The molecule has 1 aliphatic carbocycles. The van der Waals surface area contributed by atoms with Crippen LogP contribution in [0.2, 0.25) is 5.02 Å². The minimum atomic E-state index is -0.267. The maximum absolute atomic E-state index is 11.6. The average molecular weight is 335 g/mol. The van der Waals surface area contributed by atoms with Gasteiger partial charge in [-0.25, -0.2) is 4.98 Å². The molecule has 0 aliphatic heterocycles. The number of H-pyrrole nitrogens is 1. The van der Waals surface area contributed by atoms with Crippen LogP contribution in [-0.2, 0) is 0 Å². The molecule has 1 aromatic heterocycles. The molecule has 0 spiro atoms. The van der Waals surface area contributed by atoms with Crippen LogP contribution in [0.15, 0.2) is 11.1 Å². The topological polar surface area (TPSA) is 49.0 Å². The Morgan fingerprint density at radius 1 is 1.44 bits per heavy atom. The first-order valence-corrected chi connectivity index (χ1v) is 7.79.